The SMILES string of the molecule is CCOC(=O)c1nnn(CC(=O)N2CCCC2)c1CN. The third-order valence-corrected chi connectivity index (χ3v) is 3.24. The zero-order valence-corrected chi connectivity index (χ0v) is 11.5. The van der Waals surface area contributed by atoms with Gasteiger partial charge in [-0.25, -0.2) is 9.48 Å². The molecule has 0 unspecified atom stereocenters. The second kappa shape index (κ2) is 6.47. The molecule has 1 fully saturated rings. The Morgan fingerprint density at radius 2 is 2.05 bits per heavy atom. The number of hydrogen-bond acceptors (Lipinski definition) is 6. The van der Waals surface area contributed by atoms with E-state index in [2.05, 4.69) is 10.3 Å². The molecule has 0 atom stereocenters. The summed E-state index contributed by atoms with van der Waals surface area (Å²) in [5.74, 6) is -0.592. The lowest BCUT2D eigenvalue weighted by Gasteiger charge is -2.15. The summed E-state index contributed by atoms with van der Waals surface area (Å²) in [6, 6.07) is 0. The second-order valence-electron chi connectivity index (χ2n) is 4.55. The molecule has 0 spiro atoms. The highest BCUT2D eigenvalue weighted by molar-refractivity contribution is 5.88. The van der Waals surface area contributed by atoms with E-state index < -0.39 is 5.97 Å². The number of carbonyl (C=O) groups excluding carboxylic acids is 2. The van der Waals surface area contributed by atoms with Gasteiger partial charge >= 0.3 is 5.97 Å². The van der Waals surface area contributed by atoms with Gasteiger partial charge in [0.25, 0.3) is 0 Å². The molecule has 1 aliphatic heterocycles. The Morgan fingerprint density at radius 3 is 2.65 bits per heavy atom. The zero-order chi connectivity index (χ0) is 14.5. The van der Waals surface area contributed by atoms with E-state index in [1.807, 2.05) is 0 Å². The number of esters is 1. The van der Waals surface area contributed by atoms with Crippen molar-refractivity contribution in [1.82, 2.24) is 19.9 Å². The van der Waals surface area contributed by atoms with Crippen molar-refractivity contribution in [3.05, 3.63) is 11.4 Å². The summed E-state index contributed by atoms with van der Waals surface area (Å²) in [7, 11) is 0. The first-order valence-corrected chi connectivity index (χ1v) is 6.74. The van der Waals surface area contributed by atoms with E-state index >= 15 is 0 Å². The van der Waals surface area contributed by atoms with Gasteiger partial charge in [-0.3, -0.25) is 4.79 Å². The molecule has 1 aromatic rings. The van der Waals surface area contributed by atoms with Crippen LogP contribution in [0.15, 0.2) is 0 Å². The van der Waals surface area contributed by atoms with Crippen molar-refractivity contribution < 1.29 is 14.3 Å². The van der Waals surface area contributed by atoms with Crippen LogP contribution in [-0.4, -0.2) is 51.5 Å². The van der Waals surface area contributed by atoms with Crippen LogP contribution < -0.4 is 5.73 Å². The number of likely N-dealkylation sites (tertiary alicyclic amines) is 1. The maximum Gasteiger partial charge on any atom is 0.360 e. The van der Waals surface area contributed by atoms with Crippen LogP contribution in [0.1, 0.15) is 35.9 Å². The first-order chi connectivity index (χ1) is 9.67. The highest BCUT2D eigenvalue weighted by atomic mass is 16.5. The Hall–Kier alpha value is -1.96. The molecule has 1 aliphatic rings. The minimum atomic E-state index is -0.562. The molecule has 0 radical (unpaired) electrons. The summed E-state index contributed by atoms with van der Waals surface area (Å²) < 4.78 is 6.26. The monoisotopic (exact) mass is 281 g/mol. The van der Waals surface area contributed by atoms with E-state index in [4.69, 9.17) is 10.5 Å². The number of amides is 1. The van der Waals surface area contributed by atoms with Crippen LogP contribution in [-0.2, 0) is 22.6 Å². The molecule has 1 aromatic heterocycles. The topological polar surface area (TPSA) is 103 Å². The van der Waals surface area contributed by atoms with Crippen LogP contribution in [0.25, 0.3) is 0 Å². The standard InChI is InChI=1S/C12H19N5O3/c1-2-20-12(19)11-9(7-13)17(15-14-11)8-10(18)16-5-3-4-6-16/h2-8,13H2,1H3. The minimum Gasteiger partial charge on any atom is -0.461 e. The number of aromatic nitrogens is 3. The van der Waals surface area contributed by atoms with Crippen LogP contribution >= 0.6 is 0 Å². The molecule has 0 saturated carbocycles. The molecule has 0 aromatic carbocycles. The lowest BCUT2D eigenvalue weighted by molar-refractivity contribution is -0.131. The Bertz CT molecular complexity index is 493. The second-order valence-corrected chi connectivity index (χ2v) is 4.55. The highest BCUT2D eigenvalue weighted by Crippen LogP contribution is 2.11. The summed E-state index contributed by atoms with van der Waals surface area (Å²) in [6.07, 6.45) is 2.06. The lowest BCUT2D eigenvalue weighted by atomic mass is 10.3. The van der Waals surface area contributed by atoms with Crippen molar-refractivity contribution in [2.45, 2.75) is 32.9 Å². The Balaban J connectivity index is 2.11. The van der Waals surface area contributed by atoms with Gasteiger partial charge in [0.2, 0.25) is 5.91 Å². The number of hydrogen-bond donors (Lipinski definition) is 1. The van der Waals surface area contributed by atoms with Crippen molar-refractivity contribution in [3.8, 4) is 0 Å². The van der Waals surface area contributed by atoms with E-state index in [9.17, 15) is 9.59 Å². The molecule has 0 bridgehead atoms. The third kappa shape index (κ3) is 2.96. The predicted molar refractivity (Wildman–Crippen MR) is 69.7 cm³/mol. The van der Waals surface area contributed by atoms with Gasteiger partial charge in [0.1, 0.15) is 6.54 Å². The summed E-state index contributed by atoms with van der Waals surface area (Å²) in [4.78, 5) is 25.5. The van der Waals surface area contributed by atoms with Crippen LogP contribution in [0.2, 0.25) is 0 Å². The van der Waals surface area contributed by atoms with Gasteiger partial charge < -0.3 is 15.4 Å². The molecule has 2 rings (SSSR count). The average molecular weight is 281 g/mol. The van der Waals surface area contributed by atoms with Gasteiger partial charge in [0, 0.05) is 19.6 Å². The molecule has 20 heavy (non-hydrogen) atoms. The maximum atomic E-state index is 12.1. The summed E-state index contributed by atoms with van der Waals surface area (Å²) >= 11 is 0. The summed E-state index contributed by atoms with van der Waals surface area (Å²) in [5.41, 5.74) is 6.14. The highest BCUT2D eigenvalue weighted by Gasteiger charge is 2.23. The Morgan fingerprint density at radius 1 is 1.35 bits per heavy atom. The fourth-order valence-electron chi connectivity index (χ4n) is 2.21. The smallest absolute Gasteiger partial charge is 0.360 e. The van der Waals surface area contributed by atoms with Gasteiger partial charge in [-0.05, 0) is 19.8 Å². The van der Waals surface area contributed by atoms with Crippen molar-refractivity contribution in [1.29, 1.82) is 0 Å². The van der Waals surface area contributed by atoms with Gasteiger partial charge in [0.05, 0.1) is 12.3 Å². The molecule has 1 saturated heterocycles. The fraction of sp³-hybridized carbons (Fsp3) is 0.667. The van der Waals surface area contributed by atoms with E-state index in [1.165, 1.54) is 4.68 Å². The van der Waals surface area contributed by atoms with Gasteiger partial charge in [-0.15, -0.1) is 5.10 Å². The van der Waals surface area contributed by atoms with Gasteiger partial charge in [-0.2, -0.15) is 0 Å². The van der Waals surface area contributed by atoms with Crippen LogP contribution in [0, 0.1) is 0 Å². The molecule has 1 amide bonds. The maximum absolute atomic E-state index is 12.1. The molecule has 2 heterocycles. The minimum absolute atomic E-state index is 0.0301. The first kappa shape index (κ1) is 14.4. The molecular formula is C12H19N5O3. The van der Waals surface area contributed by atoms with E-state index in [1.54, 1.807) is 11.8 Å². The lowest BCUT2D eigenvalue weighted by Crippen LogP contribution is -2.32. The fourth-order valence-corrected chi connectivity index (χ4v) is 2.21. The predicted octanol–water partition coefficient (Wildman–Crippen LogP) is -0.464. The molecular weight excluding hydrogens is 262 g/mol. The van der Waals surface area contributed by atoms with Crippen LogP contribution in [0.5, 0.6) is 0 Å². The molecule has 0 aliphatic carbocycles. The quantitative estimate of drug-likeness (QED) is 0.732. The number of carbonyl (C=O) groups is 2. The van der Waals surface area contributed by atoms with Crippen molar-refractivity contribution in [2.75, 3.05) is 19.7 Å². The van der Waals surface area contributed by atoms with Crippen LogP contribution in [0.4, 0.5) is 0 Å². The number of nitrogens with zero attached hydrogens (tertiary/aromatic N) is 4. The van der Waals surface area contributed by atoms with E-state index in [0.29, 0.717) is 5.69 Å². The van der Waals surface area contributed by atoms with Gasteiger partial charge in [0.15, 0.2) is 5.69 Å². The van der Waals surface area contributed by atoms with Gasteiger partial charge in [-0.1, -0.05) is 5.21 Å². The molecule has 8 heteroatoms. The normalized spacial score (nSPS) is 14.6. The third-order valence-electron chi connectivity index (χ3n) is 3.24. The molecule has 8 nitrogen and oxygen atoms in total. The number of nitrogens with two attached hydrogens (primary N) is 1. The Kier molecular flexibility index (Phi) is 4.67. The molecule has 2 N–H and O–H groups in total. The Labute approximate surface area is 116 Å². The zero-order valence-electron chi connectivity index (χ0n) is 11.5. The summed E-state index contributed by atoms with van der Waals surface area (Å²) in [5, 5.41) is 7.61. The van der Waals surface area contributed by atoms with E-state index in [-0.39, 0.29) is 31.3 Å². The number of ether oxygens (including phenoxy) is 1. The number of rotatable bonds is 5. The van der Waals surface area contributed by atoms with Crippen molar-refractivity contribution >= 4 is 11.9 Å². The average Bonchev–Trinajstić information content (AvgIpc) is 3.07. The van der Waals surface area contributed by atoms with Crippen molar-refractivity contribution in [3.63, 3.8) is 0 Å². The summed E-state index contributed by atoms with van der Waals surface area (Å²) in [6.45, 7) is 3.64. The van der Waals surface area contributed by atoms with Crippen LogP contribution in [0.3, 0.4) is 0 Å². The van der Waals surface area contributed by atoms with E-state index in [0.717, 1.165) is 25.9 Å². The largest absolute Gasteiger partial charge is 0.461 e. The first-order valence-electron chi connectivity index (χ1n) is 6.74. The van der Waals surface area contributed by atoms with Crippen molar-refractivity contribution in [2.24, 2.45) is 5.73 Å². The molecule has 110 valence electrons.